The van der Waals surface area contributed by atoms with Gasteiger partial charge < -0.3 is 19.2 Å². The Morgan fingerprint density at radius 3 is 2.62 bits per heavy atom. The minimum absolute atomic E-state index is 0.130. The van der Waals surface area contributed by atoms with Gasteiger partial charge in [-0.3, -0.25) is 4.90 Å². The molecule has 0 bridgehead atoms. The number of aldehydes is 1. The van der Waals surface area contributed by atoms with Crippen molar-refractivity contribution in [1.29, 1.82) is 0 Å². The van der Waals surface area contributed by atoms with Gasteiger partial charge in [-0.15, -0.1) is 0 Å². The van der Waals surface area contributed by atoms with E-state index in [0.717, 1.165) is 57.1 Å². The maximum atomic E-state index is 10.7. The minimum atomic E-state index is 0.130. The molecule has 1 saturated heterocycles. The van der Waals surface area contributed by atoms with Crippen molar-refractivity contribution in [3.05, 3.63) is 23.8 Å². The summed E-state index contributed by atoms with van der Waals surface area (Å²) >= 11 is 0. The molecule has 1 fully saturated rings. The normalized spacial score (nSPS) is 20.4. The molecule has 1 aromatic rings. The lowest BCUT2D eigenvalue weighted by Crippen LogP contribution is -2.47. The molecule has 0 amide bonds. The number of hydrogen-bond acceptors (Lipinski definition) is 5. The van der Waals surface area contributed by atoms with Crippen LogP contribution >= 0.6 is 0 Å². The van der Waals surface area contributed by atoms with Gasteiger partial charge in [0.05, 0.1) is 0 Å². The Bertz CT molecular complexity index is 498. The van der Waals surface area contributed by atoms with Crippen LogP contribution in [0.1, 0.15) is 12.5 Å². The molecular weight excluding hydrogens is 268 g/mol. The van der Waals surface area contributed by atoms with Crippen molar-refractivity contribution in [2.45, 2.75) is 13.5 Å². The highest BCUT2D eigenvalue weighted by Crippen LogP contribution is 2.32. The predicted molar refractivity (Wildman–Crippen MR) is 79.5 cm³/mol. The van der Waals surface area contributed by atoms with E-state index in [-0.39, 0.29) is 5.92 Å². The second-order valence-corrected chi connectivity index (χ2v) is 5.88. The van der Waals surface area contributed by atoms with Crippen molar-refractivity contribution in [3.63, 3.8) is 0 Å². The third-order valence-electron chi connectivity index (χ3n) is 4.09. The van der Waals surface area contributed by atoms with E-state index >= 15 is 0 Å². The third-order valence-corrected chi connectivity index (χ3v) is 4.09. The van der Waals surface area contributed by atoms with Gasteiger partial charge in [-0.2, -0.15) is 0 Å². The van der Waals surface area contributed by atoms with E-state index in [9.17, 15) is 4.79 Å². The first-order valence-corrected chi connectivity index (χ1v) is 7.53. The molecule has 2 aliphatic heterocycles. The topological polar surface area (TPSA) is 42.0 Å². The first kappa shape index (κ1) is 14.4. The molecule has 5 heteroatoms. The summed E-state index contributed by atoms with van der Waals surface area (Å²) in [5, 5.41) is 0. The van der Waals surface area contributed by atoms with Crippen LogP contribution in [-0.2, 0) is 11.3 Å². The second-order valence-electron chi connectivity index (χ2n) is 5.88. The van der Waals surface area contributed by atoms with Crippen LogP contribution in [0.15, 0.2) is 18.2 Å². The van der Waals surface area contributed by atoms with Crippen LogP contribution in [0.4, 0.5) is 0 Å². The lowest BCUT2D eigenvalue weighted by molar-refractivity contribution is -0.111. The Morgan fingerprint density at radius 1 is 1.14 bits per heavy atom. The van der Waals surface area contributed by atoms with Crippen molar-refractivity contribution in [3.8, 4) is 11.5 Å². The van der Waals surface area contributed by atoms with E-state index in [1.165, 1.54) is 5.56 Å². The smallest absolute Gasteiger partial charge is 0.231 e. The van der Waals surface area contributed by atoms with Crippen LogP contribution in [-0.4, -0.2) is 55.6 Å². The summed E-state index contributed by atoms with van der Waals surface area (Å²) in [5.41, 5.74) is 1.26. The average Bonchev–Trinajstić information content (AvgIpc) is 2.96. The molecule has 21 heavy (non-hydrogen) atoms. The summed E-state index contributed by atoms with van der Waals surface area (Å²) in [5.74, 6) is 1.82. The molecule has 0 aliphatic carbocycles. The first-order chi connectivity index (χ1) is 10.2. The Labute approximate surface area is 125 Å². The first-order valence-electron chi connectivity index (χ1n) is 7.53. The Morgan fingerprint density at radius 2 is 1.86 bits per heavy atom. The summed E-state index contributed by atoms with van der Waals surface area (Å²) in [6, 6.07) is 6.16. The lowest BCUT2D eigenvalue weighted by Gasteiger charge is -2.35. The van der Waals surface area contributed by atoms with Gasteiger partial charge >= 0.3 is 0 Å². The quantitative estimate of drug-likeness (QED) is 0.766. The molecule has 1 unspecified atom stereocenters. The van der Waals surface area contributed by atoms with Crippen molar-refractivity contribution in [1.82, 2.24) is 9.80 Å². The molecular formula is C16H22N2O3. The number of nitrogens with zero attached hydrogens (tertiary/aromatic N) is 2. The number of fused-ring (bicyclic) bond motifs is 1. The highest BCUT2D eigenvalue weighted by atomic mass is 16.7. The molecule has 1 atom stereocenters. The van der Waals surface area contributed by atoms with Gasteiger partial charge in [-0.05, 0) is 17.7 Å². The highest BCUT2D eigenvalue weighted by Gasteiger charge is 2.19. The summed E-state index contributed by atoms with van der Waals surface area (Å²) in [7, 11) is 0. The van der Waals surface area contributed by atoms with Crippen LogP contribution in [0, 0.1) is 5.92 Å². The number of carbonyl (C=O) groups is 1. The molecule has 0 aromatic heterocycles. The number of rotatable bonds is 5. The van der Waals surface area contributed by atoms with E-state index in [2.05, 4.69) is 21.9 Å². The molecule has 0 N–H and O–H groups in total. The van der Waals surface area contributed by atoms with Gasteiger partial charge in [0.25, 0.3) is 0 Å². The zero-order valence-corrected chi connectivity index (χ0v) is 12.5. The Kier molecular flexibility index (Phi) is 4.41. The van der Waals surface area contributed by atoms with Gasteiger partial charge in [-0.25, -0.2) is 0 Å². The maximum Gasteiger partial charge on any atom is 0.231 e. The number of benzene rings is 1. The standard InChI is InChI=1S/C16H22N2O3/c1-13(11-19)9-17-4-6-18(7-5-17)10-14-2-3-15-16(8-14)21-12-20-15/h2-3,8,11,13H,4-7,9-10,12H2,1H3. The fourth-order valence-electron chi connectivity index (χ4n) is 2.88. The monoisotopic (exact) mass is 290 g/mol. The Hall–Kier alpha value is -1.59. The fraction of sp³-hybridized carbons (Fsp3) is 0.562. The van der Waals surface area contributed by atoms with Gasteiger partial charge in [-0.1, -0.05) is 13.0 Å². The SMILES string of the molecule is CC(C=O)CN1CCN(Cc2ccc3c(c2)OCO3)CC1. The lowest BCUT2D eigenvalue weighted by atomic mass is 10.1. The largest absolute Gasteiger partial charge is 0.454 e. The fourth-order valence-corrected chi connectivity index (χ4v) is 2.88. The molecule has 0 spiro atoms. The predicted octanol–water partition coefficient (Wildman–Crippen LogP) is 1.37. The molecule has 2 aliphatic rings. The molecule has 2 heterocycles. The van der Waals surface area contributed by atoms with Crippen molar-refractivity contribution < 1.29 is 14.3 Å². The van der Waals surface area contributed by atoms with Crippen molar-refractivity contribution >= 4 is 6.29 Å². The molecule has 114 valence electrons. The van der Waals surface area contributed by atoms with Gasteiger partial charge in [0.2, 0.25) is 6.79 Å². The molecule has 1 aromatic carbocycles. The number of hydrogen-bond donors (Lipinski definition) is 0. The van der Waals surface area contributed by atoms with Crippen LogP contribution in [0.5, 0.6) is 11.5 Å². The zero-order valence-electron chi connectivity index (χ0n) is 12.5. The number of carbonyl (C=O) groups excluding carboxylic acids is 1. The van der Waals surface area contributed by atoms with Crippen LogP contribution in [0.25, 0.3) is 0 Å². The average molecular weight is 290 g/mol. The minimum Gasteiger partial charge on any atom is -0.454 e. The maximum absolute atomic E-state index is 10.7. The van der Waals surface area contributed by atoms with E-state index in [0.29, 0.717) is 6.79 Å². The summed E-state index contributed by atoms with van der Waals surface area (Å²) in [6.07, 6.45) is 1.04. The second kappa shape index (κ2) is 6.45. The van der Waals surface area contributed by atoms with Gasteiger partial charge in [0.15, 0.2) is 11.5 Å². The summed E-state index contributed by atoms with van der Waals surface area (Å²) < 4.78 is 10.8. The molecule has 0 radical (unpaired) electrons. The zero-order chi connectivity index (χ0) is 14.7. The van der Waals surface area contributed by atoms with E-state index in [1.807, 2.05) is 13.0 Å². The number of piperazine rings is 1. The highest BCUT2D eigenvalue weighted by molar-refractivity contribution is 5.53. The van der Waals surface area contributed by atoms with E-state index in [1.54, 1.807) is 0 Å². The van der Waals surface area contributed by atoms with Crippen molar-refractivity contribution in [2.75, 3.05) is 39.5 Å². The van der Waals surface area contributed by atoms with Crippen molar-refractivity contribution in [2.24, 2.45) is 5.92 Å². The van der Waals surface area contributed by atoms with Gasteiger partial charge in [0.1, 0.15) is 6.29 Å². The van der Waals surface area contributed by atoms with Crippen LogP contribution < -0.4 is 9.47 Å². The van der Waals surface area contributed by atoms with E-state index in [4.69, 9.17) is 9.47 Å². The van der Waals surface area contributed by atoms with Gasteiger partial charge in [0, 0.05) is 45.2 Å². The molecule has 5 nitrogen and oxygen atoms in total. The summed E-state index contributed by atoms with van der Waals surface area (Å²) in [4.78, 5) is 15.5. The molecule has 0 saturated carbocycles. The third kappa shape index (κ3) is 3.54. The Balaban J connectivity index is 1.50. The van der Waals surface area contributed by atoms with E-state index < -0.39 is 0 Å². The van der Waals surface area contributed by atoms with Crippen LogP contribution in [0.2, 0.25) is 0 Å². The molecule has 3 rings (SSSR count). The van der Waals surface area contributed by atoms with Crippen LogP contribution in [0.3, 0.4) is 0 Å². The number of ether oxygens (including phenoxy) is 2. The summed E-state index contributed by atoms with van der Waals surface area (Å²) in [6.45, 7) is 8.26.